The van der Waals surface area contributed by atoms with E-state index in [9.17, 15) is 13.2 Å². The minimum atomic E-state index is -4.05. The van der Waals surface area contributed by atoms with Crippen LogP contribution in [0.15, 0.2) is 12.2 Å². The topological polar surface area (TPSA) is 0 Å². The van der Waals surface area contributed by atoms with Gasteiger partial charge in [-0.3, -0.25) is 0 Å². The van der Waals surface area contributed by atoms with Gasteiger partial charge in [0.05, 0.1) is 5.41 Å². The molecule has 2 unspecified atom stereocenters. The van der Waals surface area contributed by atoms with Crippen LogP contribution in [0.2, 0.25) is 25.7 Å². The predicted octanol–water partition coefficient (Wildman–Crippen LogP) is 5.11. The fraction of sp³-hybridized carbons (Fsp3) is 0.875. The molecule has 0 saturated heterocycles. The number of halogens is 3. The predicted molar refractivity (Wildman–Crippen MR) is 76.0 cm³/mol. The Morgan fingerprint density at radius 1 is 1.15 bits per heavy atom. The fourth-order valence-electron chi connectivity index (χ4n) is 6.69. The lowest BCUT2D eigenvalue weighted by Gasteiger charge is -2.33. The summed E-state index contributed by atoms with van der Waals surface area (Å²) in [4.78, 5) is 0. The van der Waals surface area contributed by atoms with Crippen LogP contribution in [0.3, 0.4) is 0 Å². The van der Waals surface area contributed by atoms with Crippen molar-refractivity contribution in [3.05, 3.63) is 12.2 Å². The van der Waals surface area contributed by atoms with E-state index in [1.807, 2.05) is 6.08 Å². The van der Waals surface area contributed by atoms with E-state index in [1.54, 1.807) is 6.08 Å². The van der Waals surface area contributed by atoms with Gasteiger partial charge in [-0.05, 0) is 48.0 Å². The minimum Gasteiger partial charge on any atom is -0.170 e. The minimum absolute atomic E-state index is 0.0794. The van der Waals surface area contributed by atoms with Crippen molar-refractivity contribution in [2.45, 2.75) is 51.1 Å². The number of rotatable bonds is 2. The molecule has 0 heterocycles. The lowest BCUT2D eigenvalue weighted by molar-refractivity contribution is -0.189. The maximum Gasteiger partial charge on any atom is 0.398 e. The summed E-state index contributed by atoms with van der Waals surface area (Å²) in [7, 11) is -1.51. The molecule has 4 aliphatic rings. The summed E-state index contributed by atoms with van der Waals surface area (Å²) in [6.07, 6.45) is 2.88. The lowest BCUT2D eigenvalue weighted by atomic mass is 9.79. The standard InChI is InChI=1S/C16H23F3Si/c1-20(2,3)9-14-12-7-8-15(14,16(17,18)19)13(14)11-6-4-5-10(11)12/h7-8,10-13H,4-6,9H2,1-3H3/t10-,11+,12?,13-,14-,15?/m0/s1. The number of allylic oxidation sites excluding steroid dienone is 2. The molecule has 0 N–H and O–H groups in total. The molecule has 112 valence electrons. The second-order valence-electron chi connectivity index (χ2n) is 8.77. The molecule has 4 aliphatic carbocycles. The van der Waals surface area contributed by atoms with Crippen LogP contribution in [-0.4, -0.2) is 14.3 Å². The summed E-state index contributed by atoms with van der Waals surface area (Å²) in [5, 5.41) is 0. The first-order valence-corrected chi connectivity index (χ1v) is 11.6. The Labute approximate surface area is 119 Å². The molecule has 4 heteroatoms. The van der Waals surface area contributed by atoms with Crippen LogP contribution in [0, 0.1) is 34.5 Å². The number of alkyl halides is 3. The third-order valence-electron chi connectivity index (χ3n) is 6.70. The molecule has 0 aromatic rings. The smallest absolute Gasteiger partial charge is 0.170 e. The third-order valence-corrected chi connectivity index (χ3v) is 8.35. The SMILES string of the molecule is C[Si](C)(C)C[C@@]12C3C=CC1(C(F)(F)F)[C@H]2[C@@H]1CCC[C@H]31. The highest BCUT2D eigenvalue weighted by atomic mass is 28.3. The zero-order valence-electron chi connectivity index (χ0n) is 12.4. The highest BCUT2D eigenvalue weighted by Crippen LogP contribution is 2.92. The Hall–Kier alpha value is -0.253. The molecule has 0 spiro atoms. The van der Waals surface area contributed by atoms with E-state index < -0.39 is 25.1 Å². The quantitative estimate of drug-likeness (QED) is 0.491. The van der Waals surface area contributed by atoms with Gasteiger partial charge < -0.3 is 0 Å². The molecular weight excluding hydrogens is 277 g/mol. The van der Waals surface area contributed by atoms with Crippen LogP contribution in [0.5, 0.6) is 0 Å². The van der Waals surface area contributed by atoms with Gasteiger partial charge >= 0.3 is 6.18 Å². The van der Waals surface area contributed by atoms with Crippen LogP contribution < -0.4 is 0 Å². The average Bonchev–Trinajstić information content (AvgIpc) is 2.62. The van der Waals surface area contributed by atoms with Crippen molar-refractivity contribution in [2.24, 2.45) is 34.5 Å². The van der Waals surface area contributed by atoms with E-state index >= 15 is 0 Å². The first-order valence-electron chi connectivity index (χ1n) is 7.91. The lowest BCUT2D eigenvalue weighted by Crippen LogP contribution is -2.37. The number of hydrogen-bond acceptors (Lipinski definition) is 0. The fourth-order valence-corrected chi connectivity index (χ4v) is 9.20. The summed E-state index contributed by atoms with van der Waals surface area (Å²) in [6.45, 7) is 6.69. The van der Waals surface area contributed by atoms with Crippen molar-refractivity contribution in [1.82, 2.24) is 0 Å². The van der Waals surface area contributed by atoms with Crippen LogP contribution in [0.25, 0.3) is 0 Å². The second kappa shape index (κ2) is 3.39. The highest BCUT2D eigenvalue weighted by Gasteiger charge is 2.93. The maximum absolute atomic E-state index is 13.9. The monoisotopic (exact) mass is 300 g/mol. The van der Waals surface area contributed by atoms with Crippen molar-refractivity contribution in [2.75, 3.05) is 0 Å². The molecule has 20 heavy (non-hydrogen) atoms. The number of fused-ring (bicyclic) bond motifs is 4. The van der Waals surface area contributed by atoms with Crippen LogP contribution in [0.4, 0.5) is 13.2 Å². The Kier molecular flexibility index (Phi) is 2.27. The molecule has 0 aliphatic heterocycles. The van der Waals surface area contributed by atoms with E-state index in [0.29, 0.717) is 11.8 Å². The Morgan fingerprint density at radius 3 is 2.40 bits per heavy atom. The van der Waals surface area contributed by atoms with Crippen LogP contribution in [0.1, 0.15) is 19.3 Å². The van der Waals surface area contributed by atoms with Gasteiger partial charge in [-0.25, -0.2) is 0 Å². The van der Waals surface area contributed by atoms with E-state index in [0.717, 1.165) is 25.3 Å². The van der Waals surface area contributed by atoms with Crippen molar-refractivity contribution in [1.29, 1.82) is 0 Å². The van der Waals surface area contributed by atoms with Crippen molar-refractivity contribution < 1.29 is 13.2 Å². The van der Waals surface area contributed by atoms with Gasteiger partial charge in [0, 0.05) is 8.07 Å². The molecule has 0 aromatic heterocycles. The Bertz CT molecular complexity index is 489. The van der Waals surface area contributed by atoms with Crippen molar-refractivity contribution in [3.8, 4) is 0 Å². The zero-order chi connectivity index (χ0) is 14.6. The van der Waals surface area contributed by atoms with Crippen molar-refractivity contribution >= 4 is 8.07 Å². The zero-order valence-corrected chi connectivity index (χ0v) is 13.4. The maximum atomic E-state index is 13.9. The molecule has 4 rings (SSSR count). The van der Waals surface area contributed by atoms with E-state index in [4.69, 9.17) is 0 Å². The summed E-state index contributed by atoms with van der Waals surface area (Å²) < 4.78 is 41.7. The molecule has 0 radical (unpaired) electrons. The van der Waals surface area contributed by atoms with Crippen molar-refractivity contribution in [3.63, 3.8) is 0 Å². The first kappa shape index (κ1) is 13.4. The van der Waals surface area contributed by atoms with Gasteiger partial charge in [0.1, 0.15) is 0 Å². The van der Waals surface area contributed by atoms with Gasteiger partial charge in [-0.1, -0.05) is 38.2 Å². The largest absolute Gasteiger partial charge is 0.398 e. The molecule has 0 amide bonds. The Morgan fingerprint density at radius 2 is 1.80 bits per heavy atom. The van der Waals surface area contributed by atoms with E-state index in [1.165, 1.54) is 0 Å². The van der Waals surface area contributed by atoms with Gasteiger partial charge in [0.25, 0.3) is 0 Å². The molecule has 3 fully saturated rings. The molecule has 0 aromatic carbocycles. The molecule has 0 bridgehead atoms. The highest BCUT2D eigenvalue weighted by molar-refractivity contribution is 6.76. The molecule has 6 atom stereocenters. The summed E-state index contributed by atoms with van der Waals surface area (Å²) in [5.41, 5.74) is -1.86. The third kappa shape index (κ3) is 1.22. The summed E-state index contributed by atoms with van der Waals surface area (Å²) in [6, 6.07) is 0.856. The second-order valence-corrected chi connectivity index (χ2v) is 14.2. The van der Waals surface area contributed by atoms with Gasteiger partial charge in [-0.15, -0.1) is 0 Å². The molecule has 3 saturated carbocycles. The van der Waals surface area contributed by atoms with E-state index in [2.05, 4.69) is 19.6 Å². The Balaban J connectivity index is 1.81. The van der Waals surface area contributed by atoms with Gasteiger partial charge in [0.2, 0.25) is 0 Å². The molecular formula is C16H23F3Si. The first-order chi connectivity index (χ1) is 9.15. The molecule has 0 nitrogen and oxygen atoms in total. The van der Waals surface area contributed by atoms with Crippen LogP contribution in [-0.2, 0) is 0 Å². The van der Waals surface area contributed by atoms with Gasteiger partial charge in [0.15, 0.2) is 0 Å². The number of hydrogen-bond donors (Lipinski definition) is 0. The average molecular weight is 300 g/mol. The van der Waals surface area contributed by atoms with Gasteiger partial charge in [-0.2, -0.15) is 13.2 Å². The van der Waals surface area contributed by atoms with E-state index in [-0.39, 0.29) is 11.8 Å². The normalized spacial score (nSPS) is 52.3. The van der Waals surface area contributed by atoms with Crippen LogP contribution >= 0.6 is 0 Å². The summed E-state index contributed by atoms with van der Waals surface area (Å²) in [5.74, 6) is 1.07. The summed E-state index contributed by atoms with van der Waals surface area (Å²) >= 11 is 0.